The molecule has 2 N–H and O–H groups in total. The van der Waals surface area contributed by atoms with Gasteiger partial charge in [-0.05, 0) is 43.0 Å². The Kier molecular flexibility index (Phi) is 5.10. The van der Waals surface area contributed by atoms with E-state index in [0.717, 1.165) is 6.07 Å². The number of aryl methyl sites for hydroxylation is 1. The van der Waals surface area contributed by atoms with E-state index >= 15 is 4.39 Å². The van der Waals surface area contributed by atoms with Crippen LogP contribution in [-0.4, -0.2) is 27.6 Å². The maximum atomic E-state index is 15.6. The van der Waals surface area contributed by atoms with Crippen LogP contribution in [0.3, 0.4) is 0 Å². The lowest BCUT2D eigenvalue weighted by Gasteiger charge is -2.38. The number of aromatic nitrogens is 1. The Bertz CT molecular complexity index is 847. The Balaban J connectivity index is 1.85. The molecule has 7 heteroatoms. The highest BCUT2D eigenvalue weighted by Gasteiger charge is 2.51. The largest absolute Gasteiger partial charge is 0.393 e. The van der Waals surface area contributed by atoms with Crippen LogP contribution in [0, 0.1) is 5.82 Å². The number of carbonyl (C=O) groups excluding carboxylic acids is 1. The second kappa shape index (κ2) is 7.02. The third-order valence-corrected chi connectivity index (χ3v) is 5.25. The highest BCUT2D eigenvalue weighted by Crippen LogP contribution is 2.46. The van der Waals surface area contributed by atoms with Gasteiger partial charge in [-0.15, -0.1) is 0 Å². The molecule has 0 radical (unpaired) electrons. The molecule has 1 heterocycles. The van der Waals surface area contributed by atoms with Gasteiger partial charge in [0.2, 0.25) is 0 Å². The molecular weight excluding hydrogens is 364 g/mol. The molecule has 1 aliphatic rings. The summed E-state index contributed by atoms with van der Waals surface area (Å²) in [6.45, 7) is -0.605. The molecule has 1 aromatic heterocycles. The van der Waals surface area contributed by atoms with E-state index in [0.29, 0.717) is 5.56 Å². The molecular formula is C19H18ClF2NO3. The first kappa shape index (κ1) is 18.9. The third kappa shape index (κ3) is 3.24. The van der Waals surface area contributed by atoms with Crippen LogP contribution in [0.15, 0.2) is 36.5 Å². The van der Waals surface area contributed by atoms with Gasteiger partial charge >= 0.3 is 0 Å². The standard InChI is InChI=1S/C19H18ClF2NO3/c20-15-10-13(21)5-3-12(15)4-6-16(25)19(22)8-7-18(26,11-24)17-14(19)2-1-9-23-17/h1-3,5,9-10,24,26H,4,6-8,11H2/t18-,19-/m0/s1. The second-order valence-corrected chi connectivity index (χ2v) is 6.96. The molecule has 0 spiro atoms. The Labute approximate surface area is 154 Å². The molecule has 4 nitrogen and oxygen atoms in total. The number of aliphatic hydroxyl groups is 2. The molecule has 138 valence electrons. The van der Waals surface area contributed by atoms with Gasteiger partial charge in [-0.25, -0.2) is 8.78 Å². The molecule has 1 aromatic carbocycles. The summed E-state index contributed by atoms with van der Waals surface area (Å²) in [6, 6.07) is 6.74. The van der Waals surface area contributed by atoms with Crippen LogP contribution in [-0.2, 0) is 22.5 Å². The predicted molar refractivity (Wildman–Crippen MR) is 92.0 cm³/mol. The third-order valence-electron chi connectivity index (χ3n) is 4.90. The van der Waals surface area contributed by atoms with E-state index in [2.05, 4.69) is 4.98 Å². The van der Waals surface area contributed by atoms with Gasteiger partial charge in [-0.2, -0.15) is 0 Å². The first-order chi connectivity index (χ1) is 12.3. The lowest BCUT2D eigenvalue weighted by Crippen LogP contribution is -2.45. The number of benzene rings is 1. The van der Waals surface area contributed by atoms with Gasteiger partial charge in [0.15, 0.2) is 11.5 Å². The van der Waals surface area contributed by atoms with Gasteiger partial charge in [0, 0.05) is 23.2 Å². The molecule has 0 saturated carbocycles. The minimum Gasteiger partial charge on any atom is -0.393 e. The van der Waals surface area contributed by atoms with Gasteiger partial charge in [0.25, 0.3) is 0 Å². The molecule has 1 aliphatic carbocycles. The summed E-state index contributed by atoms with van der Waals surface area (Å²) in [4.78, 5) is 16.7. The molecule has 2 aromatic rings. The van der Waals surface area contributed by atoms with Crippen LogP contribution in [0.1, 0.15) is 36.1 Å². The van der Waals surface area contributed by atoms with Gasteiger partial charge in [-0.1, -0.05) is 23.7 Å². The van der Waals surface area contributed by atoms with E-state index in [1.807, 2.05) is 0 Å². The topological polar surface area (TPSA) is 70.4 Å². The summed E-state index contributed by atoms with van der Waals surface area (Å²) < 4.78 is 28.7. The number of rotatable bonds is 5. The maximum Gasteiger partial charge on any atom is 0.195 e. The smallest absolute Gasteiger partial charge is 0.195 e. The first-order valence-electron chi connectivity index (χ1n) is 8.25. The first-order valence-corrected chi connectivity index (χ1v) is 8.63. The molecule has 0 fully saturated rings. The number of aliphatic hydroxyl groups excluding tert-OH is 1. The van der Waals surface area contributed by atoms with E-state index in [-0.39, 0.29) is 42.0 Å². The van der Waals surface area contributed by atoms with Gasteiger partial charge in [0.05, 0.1) is 12.3 Å². The van der Waals surface area contributed by atoms with Crippen molar-refractivity contribution >= 4 is 17.4 Å². The zero-order valence-corrected chi connectivity index (χ0v) is 14.6. The minimum absolute atomic E-state index is 0.00980. The average Bonchev–Trinajstić information content (AvgIpc) is 2.64. The van der Waals surface area contributed by atoms with Crippen LogP contribution in [0.25, 0.3) is 0 Å². The fourth-order valence-corrected chi connectivity index (χ4v) is 3.60. The molecule has 0 unspecified atom stereocenters. The Hall–Kier alpha value is -1.89. The number of carbonyl (C=O) groups is 1. The molecule has 0 aliphatic heterocycles. The number of nitrogens with zero attached hydrogens (tertiary/aromatic N) is 1. The van der Waals surface area contributed by atoms with E-state index < -0.39 is 29.5 Å². The summed E-state index contributed by atoms with van der Waals surface area (Å²) in [5.74, 6) is -1.14. The number of hydrogen-bond acceptors (Lipinski definition) is 4. The number of hydrogen-bond donors (Lipinski definition) is 2. The monoisotopic (exact) mass is 381 g/mol. The number of alkyl halides is 1. The van der Waals surface area contributed by atoms with E-state index in [4.69, 9.17) is 11.6 Å². The lowest BCUT2D eigenvalue weighted by atomic mass is 9.72. The van der Waals surface area contributed by atoms with Crippen LogP contribution in [0.2, 0.25) is 5.02 Å². The van der Waals surface area contributed by atoms with Crippen molar-refractivity contribution in [2.75, 3.05) is 6.61 Å². The van der Waals surface area contributed by atoms with E-state index in [1.165, 1.54) is 30.5 Å². The number of pyridine rings is 1. The molecule has 0 amide bonds. The average molecular weight is 382 g/mol. The van der Waals surface area contributed by atoms with Crippen molar-refractivity contribution in [1.29, 1.82) is 0 Å². The summed E-state index contributed by atoms with van der Waals surface area (Å²) >= 11 is 5.95. The summed E-state index contributed by atoms with van der Waals surface area (Å²) in [5, 5.41) is 20.1. The van der Waals surface area contributed by atoms with Crippen LogP contribution >= 0.6 is 11.6 Å². The van der Waals surface area contributed by atoms with Crippen molar-refractivity contribution in [2.24, 2.45) is 0 Å². The van der Waals surface area contributed by atoms with E-state index in [1.54, 1.807) is 0 Å². The predicted octanol–water partition coefficient (Wildman–Crippen LogP) is 3.21. The Morgan fingerprint density at radius 1 is 1.31 bits per heavy atom. The zero-order valence-electron chi connectivity index (χ0n) is 13.9. The highest BCUT2D eigenvalue weighted by molar-refractivity contribution is 6.31. The highest BCUT2D eigenvalue weighted by atomic mass is 35.5. The normalized spacial score (nSPS) is 25.0. The second-order valence-electron chi connectivity index (χ2n) is 6.55. The van der Waals surface area contributed by atoms with Crippen molar-refractivity contribution in [3.63, 3.8) is 0 Å². The molecule has 2 atom stereocenters. The number of ketones is 1. The van der Waals surface area contributed by atoms with Gasteiger partial charge in [-0.3, -0.25) is 9.78 Å². The minimum atomic E-state index is -2.29. The summed E-state index contributed by atoms with van der Waals surface area (Å²) in [5.41, 5.74) is -3.42. The van der Waals surface area contributed by atoms with Crippen LogP contribution < -0.4 is 0 Å². The zero-order chi connectivity index (χ0) is 18.9. The molecule has 3 rings (SSSR count). The lowest BCUT2D eigenvalue weighted by molar-refractivity contribution is -0.135. The van der Waals surface area contributed by atoms with Gasteiger partial charge < -0.3 is 10.2 Å². The Morgan fingerprint density at radius 2 is 2.08 bits per heavy atom. The van der Waals surface area contributed by atoms with Crippen LogP contribution in [0.5, 0.6) is 0 Å². The Morgan fingerprint density at radius 3 is 2.77 bits per heavy atom. The fraction of sp³-hybridized carbons (Fsp3) is 0.368. The molecule has 0 bridgehead atoms. The summed E-state index contributed by atoms with van der Waals surface area (Å²) in [7, 11) is 0. The van der Waals surface area contributed by atoms with Gasteiger partial charge in [0.1, 0.15) is 11.4 Å². The van der Waals surface area contributed by atoms with Crippen molar-refractivity contribution in [3.05, 3.63) is 64.2 Å². The van der Waals surface area contributed by atoms with Crippen molar-refractivity contribution in [1.82, 2.24) is 4.98 Å². The molecule has 0 saturated heterocycles. The van der Waals surface area contributed by atoms with Crippen molar-refractivity contribution in [2.45, 2.75) is 37.0 Å². The van der Waals surface area contributed by atoms with Crippen molar-refractivity contribution < 1.29 is 23.8 Å². The quantitative estimate of drug-likeness (QED) is 0.834. The number of Topliss-reactive ketones (excluding diaryl/α,β-unsaturated/α-hetero) is 1. The summed E-state index contributed by atoms with van der Waals surface area (Å²) in [6.07, 6.45) is 1.05. The SMILES string of the molecule is O=C(CCc1ccc(F)cc1Cl)[C@]1(F)CC[C@](O)(CO)c2ncccc21. The van der Waals surface area contributed by atoms with E-state index in [9.17, 15) is 19.4 Å². The number of halogens is 3. The molecule has 26 heavy (non-hydrogen) atoms. The fourth-order valence-electron chi connectivity index (χ4n) is 3.34. The number of fused-ring (bicyclic) bond motifs is 1. The van der Waals surface area contributed by atoms with Crippen LogP contribution in [0.4, 0.5) is 8.78 Å². The van der Waals surface area contributed by atoms with Crippen molar-refractivity contribution in [3.8, 4) is 0 Å². The maximum absolute atomic E-state index is 15.6.